The first kappa shape index (κ1) is 10.3. The molecule has 0 aromatic rings. The van der Waals surface area contributed by atoms with Gasteiger partial charge in [0.2, 0.25) is 0 Å². The van der Waals surface area contributed by atoms with Gasteiger partial charge in [0, 0.05) is 0 Å². The van der Waals surface area contributed by atoms with E-state index in [9.17, 15) is 4.79 Å². The van der Waals surface area contributed by atoms with E-state index in [0.717, 1.165) is 6.61 Å². The molecule has 4 heteroatoms. The molecular weight excluding hydrogens is 170 g/mol. The molecule has 0 aromatic heterocycles. The van der Waals surface area contributed by atoms with Crippen LogP contribution in [0.3, 0.4) is 0 Å². The second kappa shape index (κ2) is 3.54. The normalized spacial score (nSPS) is 23.5. The number of ether oxygens (including phenoxy) is 2. The van der Waals surface area contributed by atoms with E-state index in [1.54, 1.807) is 0 Å². The molecule has 1 N–H and O–H groups in total. The highest BCUT2D eigenvalue weighted by molar-refractivity contribution is 5.68. The standard InChI is InChI=1S/C9H17NO3/c1-6(7-5-12-7)10-8(11)13-9(2,3)4/h6-7H,5H2,1-4H3,(H,10,11)/t6-,7-/m1/s1. The third-order valence-electron chi connectivity index (χ3n) is 1.66. The maximum Gasteiger partial charge on any atom is 0.407 e. The van der Waals surface area contributed by atoms with E-state index in [2.05, 4.69) is 5.32 Å². The van der Waals surface area contributed by atoms with Crippen molar-refractivity contribution in [1.29, 1.82) is 0 Å². The lowest BCUT2D eigenvalue weighted by Crippen LogP contribution is -2.40. The molecule has 0 bridgehead atoms. The smallest absolute Gasteiger partial charge is 0.407 e. The summed E-state index contributed by atoms with van der Waals surface area (Å²) in [5, 5.41) is 2.71. The van der Waals surface area contributed by atoms with Gasteiger partial charge < -0.3 is 14.8 Å². The molecule has 0 saturated carbocycles. The van der Waals surface area contributed by atoms with Crippen molar-refractivity contribution in [1.82, 2.24) is 5.32 Å². The average Bonchev–Trinajstić information content (AvgIpc) is 2.60. The SMILES string of the molecule is C[C@@H](NC(=O)OC(C)(C)C)[C@H]1CO1. The summed E-state index contributed by atoms with van der Waals surface area (Å²) in [6.45, 7) is 8.15. The summed E-state index contributed by atoms with van der Waals surface area (Å²) in [5.74, 6) is 0. The highest BCUT2D eigenvalue weighted by Crippen LogP contribution is 2.14. The van der Waals surface area contributed by atoms with Gasteiger partial charge in [0.1, 0.15) is 11.7 Å². The number of hydrogen-bond acceptors (Lipinski definition) is 3. The molecule has 0 aliphatic carbocycles. The quantitative estimate of drug-likeness (QED) is 0.663. The molecule has 0 radical (unpaired) electrons. The van der Waals surface area contributed by atoms with Gasteiger partial charge in [-0.3, -0.25) is 0 Å². The summed E-state index contributed by atoms with van der Waals surface area (Å²) < 4.78 is 10.1. The van der Waals surface area contributed by atoms with Crippen molar-refractivity contribution in [3.05, 3.63) is 0 Å². The maximum atomic E-state index is 11.2. The van der Waals surface area contributed by atoms with Crippen molar-refractivity contribution >= 4 is 6.09 Å². The predicted molar refractivity (Wildman–Crippen MR) is 48.6 cm³/mol. The number of alkyl carbamates (subject to hydrolysis) is 1. The highest BCUT2D eigenvalue weighted by Gasteiger charge is 2.31. The Kier molecular flexibility index (Phi) is 2.81. The molecule has 2 atom stereocenters. The number of amides is 1. The van der Waals surface area contributed by atoms with Crippen molar-refractivity contribution in [3.8, 4) is 0 Å². The minimum Gasteiger partial charge on any atom is -0.444 e. The number of nitrogens with one attached hydrogen (secondary N) is 1. The molecule has 0 unspecified atom stereocenters. The van der Waals surface area contributed by atoms with Crippen LogP contribution in [0, 0.1) is 0 Å². The van der Waals surface area contributed by atoms with Crippen molar-refractivity contribution < 1.29 is 14.3 Å². The maximum absolute atomic E-state index is 11.2. The summed E-state index contributed by atoms with van der Waals surface area (Å²) in [6, 6.07) is 0.0369. The summed E-state index contributed by atoms with van der Waals surface area (Å²) in [4.78, 5) is 11.2. The summed E-state index contributed by atoms with van der Waals surface area (Å²) in [6.07, 6.45) is -0.206. The molecule has 1 heterocycles. The monoisotopic (exact) mass is 187 g/mol. The molecule has 0 spiro atoms. The lowest BCUT2D eigenvalue weighted by molar-refractivity contribution is 0.0500. The summed E-state index contributed by atoms with van der Waals surface area (Å²) in [7, 11) is 0. The summed E-state index contributed by atoms with van der Waals surface area (Å²) in [5.41, 5.74) is -0.436. The first-order valence-electron chi connectivity index (χ1n) is 4.49. The fraction of sp³-hybridized carbons (Fsp3) is 0.889. The van der Waals surface area contributed by atoms with Gasteiger partial charge in [0.05, 0.1) is 12.6 Å². The molecular formula is C9H17NO3. The fourth-order valence-corrected chi connectivity index (χ4v) is 0.931. The van der Waals surface area contributed by atoms with Gasteiger partial charge in [-0.05, 0) is 27.7 Å². The van der Waals surface area contributed by atoms with E-state index >= 15 is 0 Å². The zero-order valence-electron chi connectivity index (χ0n) is 8.59. The van der Waals surface area contributed by atoms with E-state index in [1.165, 1.54) is 0 Å². The number of hydrogen-bond donors (Lipinski definition) is 1. The van der Waals surface area contributed by atoms with Gasteiger partial charge in [0.15, 0.2) is 0 Å². The van der Waals surface area contributed by atoms with E-state index in [1.807, 2.05) is 27.7 Å². The lowest BCUT2D eigenvalue weighted by Gasteiger charge is -2.21. The Hall–Kier alpha value is -0.770. The van der Waals surface area contributed by atoms with Gasteiger partial charge in [-0.2, -0.15) is 0 Å². The molecule has 13 heavy (non-hydrogen) atoms. The summed E-state index contributed by atoms with van der Waals surface area (Å²) >= 11 is 0. The van der Waals surface area contributed by atoms with Crippen LogP contribution in [-0.4, -0.2) is 30.4 Å². The van der Waals surface area contributed by atoms with Crippen LogP contribution in [0.25, 0.3) is 0 Å². The number of epoxide rings is 1. The minimum atomic E-state index is -0.436. The molecule has 1 saturated heterocycles. The zero-order chi connectivity index (χ0) is 10.1. The molecule has 1 amide bonds. The van der Waals surface area contributed by atoms with Crippen LogP contribution < -0.4 is 5.32 Å². The molecule has 0 aromatic carbocycles. The first-order chi connectivity index (χ1) is 5.88. The molecule has 1 fully saturated rings. The Labute approximate surface area is 78.6 Å². The number of rotatable bonds is 2. The molecule has 1 aliphatic rings. The number of carbonyl (C=O) groups excluding carboxylic acids is 1. The van der Waals surface area contributed by atoms with Gasteiger partial charge in [0.25, 0.3) is 0 Å². The van der Waals surface area contributed by atoms with Crippen LogP contribution in [-0.2, 0) is 9.47 Å². The van der Waals surface area contributed by atoms with Gasteiger partial charge >= 0.3 is 6.09 Å². The van der Waals surface area contributed by atoms with E-state index in [0.29, 0.717) is 0 Å². The van der Waals surface area contributed by atoms with E-state index < -0.39 is 5.60 Å². The van der Waals surface area contributed by atoms with Gasteiger partial charge in [-0.1, -0.05) is 0 Å². The Morgan fingerprint density at radius 1 is 1.62 bits per heavy atom. The number of carbonyl (C=O) groups is 1. The fourth-order valence-electron chi connectivity index (χ4n) is 0.931. The van der Waals surface area contributed by atoms with Crippen LogP contribution >= 0.6 is 0 Å². The molecule has 4 nitrogen and oxygen atoms in total. The third-order valence-corrected chi connectivity index (χ3v) is 1.66. The Morgan fingerprint density at radius 3 is 2.54 bits per heavy atom. The first-order valence-corrected chi connectivity index (χ1v) is 4.49. The second-order valence-electron chi connectivity index (χ2n) is 4.31. The third kappa shape index (κ3) is 4.12. The van der Waals surface area contributed by atoms with Crippen LogP contribution in [0.4, 0.5) is 4.79 Å². The van der Waals surface area contributed by atoms with Gasteiger partial charge in [-0.25, -0.2) is 4.79 Å². The predicted octanol–water partition coefficient (Wildman–Crippen LogP) is 1.30. The van der Waals surface area contributed by atoms with Crippen LogP contribution in [0.15, 0.2) is 0 Å². The van der Waals surface area contributed by atoms with E-state index in [-0.39, 0.29) is 18.2 Å². The lowest BCUT2D eigenvalue weighted by atomic mass is 10.2. The van der Waals surface area contributed by atoms with Crippen molar-refractivity contribution in [2.24, 2.45) is 0 Å². The molecule has 76 valence electrons. The Morgan fingerprint density at radius 2 is 2.15 bits per heavy atom. The van der Waals surface area contributed by atoms with E-state index in [4.69, 9.17) is 9.47 Å². The van der Waals surface area contributed by atoms with Crippen LogP contribution in [0.1, 0.15) is 27.7 Å². The van der Waals surface area contributed by atoms with Crippen LogP contribution in [0.5, 0.6) is 0 Å². The average molecular weight is 187 g/mol. The van der Waals surface area contributed by atoms with Gasteiger partial charge in [-0.15, -0.1) is 0 Å². The topological polar surface area (TPSA) is 50.9 Å². The Bertz CT molecular complexity index is 194. The molecule has 1 rings (SSSR count). The van der Waals surface area contributed by atoms with Crippen molar-refractivity contribution in [3.63, 3.8) is 0 Å². The molecule has 1 aliphatic heterocycles. The highest BCUT2D eigenvalue weighted by atomic mass is 16.6. The van der Waals surface area contributed by atoms with Crippen LogP contribution in [0.2, 0.25) is 0 Å². The van der Waals surface area contributed by atoms with Crippen molar-refractivity contribution in [2.45, 2.75) is 45.4 Å². The Balaban J connectivity index is 2.24. The second-order valence-corrected chi connectivity index (χ2v) is 4.31. The zero-order valence-corrected chi connectivity index (χ0v) is 8.59. The largest absolute Gasteiger partial charge is 0.444 e. The minimum absolute atomic E-state index is 0.0369. The van der Waals surface area contributed by atoms with Crippen molar-refractivity contribution in [2.75, 3.05) is 6.61 Å².